The van der Waals surface area contributed by atoms with Crippen LogP contribution in [-0.2, 0) is 4.79 Å². The second-order valence-corrected chi connectivity index (χ2v) is 8.02. The first-order valence-electron chi connectivity index (χ1n) is 11.4. The molecule has 0 atom stereocenters. The van der Waals surface area contributed by atoms with Gasteiger partial charge in [-0.05, 0) is 59.7 Å². The lowest BCUT2D eigenvalue weighted by Crippen LogP contribution is -2.20. The number of allylic oxidation sites excluding steroid dienone is 2. The Morgan fingerprint density at radius 3 is 1.95 bits per heavy atom. The number of hydrogen-bond acceptors (Lipinski definition) is 9. The van der Waals surface area contributed by atoms with Crippen LogP contribution in [0.25, 0.3) is 12.2 Å². The second-order valence-electron chi connectivity index (χ2n) is 8.02. The number of nitrogens with zero attached hydrogens (tertiary/aromatic N) is 2. The molecule has 0 saturated carbocycles. The molecule has 0 aliphatic carbocycles. The van der Waals surface area contributed by atoms with Crippen LogP contribution in [0.4, 0.5) is 5.69 Å². The molecule has 0 spiro atoms. The zero-order valence-electron chi connectivity index (χ0n) is 21.0. The molecule has 0 saturated heterocycles. The Morgan fingerprint density at radius 1 is 0.897 bits per heavy atom. The van der Waals surface area contributed by atoms with Gasteiger partial charge in [0, 0.05) is 17.7 Å². The number of nitro benzene ring substituents is 1. The lowest BCUT2D eigenvalue weighted by Gasteiger charge is -2.05. The largest absolute Gasteiger partial charge is 0.504 e. The Labute approximate surface area is 223 Å². The number of hydrogen-bond donors (Lipinski definition) is 3. The molecule has 3 aromatic carbocycles. The summed E-state index contributed by atoms with van der Waals surface area (Å²) in [5.41, 5.74) is 3.80. The Morgan fingerprint density at radius 2 is 1.44 bits per heavy atom. The lowest BCUT2D eigenvalue weighted by molar-refractivity contribution is -0.384. The Bertz CT molecular complexity index is 1460. The van der Waals surface area contributed by atoms with Gasteiger partial charge in [-0.2, -0.15) is 5.10 Å². The number of nitrogens with one attached hydrogen (secondary N) is 1. The molecule has 200 valence electrons. The van der Waals surface area contributed by atoms with Crippen molar-refractivity contribution in [1.29, 1.82) is 0 Å². The summed E-state index contributed by atoms with van der Waals surface area (Å²) in [5.74, 6) is -0.515. The third-order valence-electron chi connectivity index (χ3n) is 5.33. The zero-order valence-corrected chi connectivity index (χ0v) is 21.0. The standard InChI is InChI=1S/C28H25N3O8/c1-38-26-15-18(5-13-24(26)33)3-9-21(29-30-28(35)20-7-10-22(11-8-20)31(36)37)17-23(32)12-4-19-6-14-25(34)27(16-19)39-2/h3-16,33-34H,17H2,1-2H3,(H,30,35)/b9-3+,12-4+,29-21+. The van der Waals surface area contributed by atoms with Crippen LogP contribution in [0.15, 0.2) is 77.9 Å². The van der Waals surface area contributed by atoms with E-state index in [1.807, 2.05) is 0 Å². The van der Waals surface area contributed by atoms with Gasteiger partial charge in [-0.3, -0.25) is 19.7 Å². The fraction of sp³-hybridized carbons (Fsp3) is 0.107. The number of aromatic hydroxyl groups is 2. The number of ether oxygens (including phenoxy) is 2. The molecular formula is C28H25N3O8. The Balaban J connectivity index is 1.81. The van der Waals surface area contributed by atoms with Crippen molar-refractivity contribution in [3.63, 3.8) is 0 Å². The minimum absolute atomic E-state index is 0.0323. The van der Waals surface area contributed by atoms with Gasteiger partial charge < -0.3 is 19.7 Å². The van der Waals surface area contributed by atoms with E-state index in [9.17, 15) is 29.9 Å². The van der Waals surface area contributed by atoms with Crippen molar-refractivity contribution < 1.29 is 34.2 Å². The van der Waals surface area contributed by atoms with Crippen molar-refractivity contribution in [2.75, 3.05) is 14.2 Å². The predicted octanol–water partition coefficient (Wildman–Crippen LogP) is 4.50. The number of amides is 1. The monoisotopic (exact) mass is 531 g/mol. The molecule has 0 bridgehead atoms. The van der Waals surface area contributed by atoms with Gasteiger partial charge in [0.1, 0.15) is 0 Å². The zero-order chi connectivity index (χ0) is 28.4. The molecule has 0 radical (unpaired) electrons. The SMILES string of the molecule is COc1cc(/C=C/C(=O)CC(/C=C/c2ccc(O)c(OC)c2)=N/NC(=O)c2ccc([N+](=O)[O-])cc2)ccc1O. The van der Waals surface area contributed by atoms with Crippen LogP contribution < -0.4 is 14.9 Å². The van der Waals surface area contributed by atoms with Crippen LogP contribution in [-0.4, -0.2) is 46.8 Å². The molecule has 0 unspecified atom stereocenters. The Hall–Kier alpha value is -5.45. The van der Waals surface area contributed by atoms with E-state index in [1.165, 1.54) is 62.8 Å². The first-order chi connectivity index (χ1) is 18.7. The number of phenolic OH excluding ortho intramolecular Hbond substituents is 2. The van der Waals surface area contributed by atoms with Crippen molar-refractivity contribution in [3.05, 3.63) is 99.6 Å². The number of non-ortho nitro benzene ring substituents is 1. The average Bonchev–Trinajstić information content (AvgIpc) is 2.94. The number of methoxy groups -OCH3 is 2. The first kappa shape index (κ1) is 28.1. The molecule has 0 aromatic heterocycles. The van der Waals surface area contributed by atoms with Crippen molar-refractivity contribution in [3.8, 4) is 23.0 Å². The van der Waals surface area contributed by atoms with Crippen LogP contribution in [0.3, 0.4) is 0 Å². The molecular weight excluding hydrogens is 506 g/mol. The van der Waals surface area contributed by atoms with Gasteiger partial charge in [0.05, 0.1) is 31.3 Å². The molecule has 0 fully saturated rings. The molecule has 0 aliphatic rings. The number of hydrazone groups is 1. The molecule has 3 N–H and O–H groups in total. The summed E-state index contributed by atoms with van der Waals surface area (Å²) < 4.78 is 10.2. The van der Waals surface area contributed by atoms with Crippen molar-refractivity contribution in [1.82, 2.24) is 5.43 Å². The van der Waals surface area contributed by atoms with E-state index in [-0.39, 0.29) is 52.2 Å². The summed E-state index contributed by atoms with van der Waals surface area (Å²) in [4.78, 5) is 35.5. The highest BCUT2D eigenvalue weighted by Crippen LogP contribution is 2.27. The third kappa shape index (κ3) is 8.02. The molecule has 1 amide bonds. The van der Waals surface area contributed by atoms with E-state index in [2.05, 4.69) is 10.5 Å². The normalized spacial score (nSPS) is 11.5. The van der Waals surface area contributed by atoms with Crippen LogP contribution in [0.5, 0.6) is 23.0 Å². The van der Waals surface area contributed by atoms with Gasteiger partial charge in [0.25, 0.3) is 11.6 Å². The van der Waals surface area contributed by atoms with Crippen molar-refractivity contribution >= 4 is 35.2 Å². The maximum Gasteiger partial charge on any atom is 0.271 e. The van der Waals surface area contributed by atoms with E-state index in [4.69, 9.17) is 9.47 Å². The molecule has 0 aliphatic heterocycles. The summed E-state index contributed by atoms with van der Waals surface area (Å²) in [5, 5.41) is 34.4. The second kappa shape index (κ2) is 13.2. The number of carbonyl (C=O) groups is 2. The average molecular weight is 532 g/mol. The minimum atomic E-state index is -0.624. The number of phenols is 2. The highest BCUT2D eigenvalue weighted by atomic mass is 16.6. The molecule has 11 heteroatoms. The van der Waals surface area contributed by atoms with Crippen LogP contribution in [0.1, 0.15) is 27.9 Å². The predicted molar refractivity (Wildman–Crippen MR) is 145 cm³/mol. The van der Waals surface area contributed by atoms with E-state index in [1.54, 1.807) is 36.4 Å². The fourth-order valence-electron chi connectivity index (χ4n) is 3.27. The lowest BCUT2D eigenvalue weighted by atomic mass is 10.1. The van der Waals surface area contributed by atoms with Crippen LogP contribution >= 0.6 is 0 Å². The molecule has 3 rings (SSSR count). The minimum Gasteiger partial charge on any atom is -0.504 e. The number of ketones is 1. The van der Waals surface area contributed by atoms with Crippen LogP contribution in [0.2, 0.25) is 0 Å². The third-order valence-corrected chi connectivity index (χ3v) is 5.33. The van der Waals surface area contributed by atoms with Crippen molar-refractivity contribution in [2.45, 2.75) is 6.42 Å². The van der Waals surface area contributed by atoms with Gasteiger partial charge in [-0.25, -0.2) is 5.43 Å². The maximum atomic E-state index is 12.7. The highest BCUT2D eigenvalue weighted by molar-refractivity contribution is 6.13. The van der Waals surface area contributed by atoms with Gasteiger partial charge in [0.2, 0.25) is 0 Å². The summed E-state index contributed by atoms with van der Waals surface area (Å²) >= 11 is 0. The fourth-order valence-corrected chi connectivity index (χ4v) is 3.27. The molecule has 3 aromatic rings. The van der Waals surface area contributed by atoms with Gasteiger partial charge in [-0.15, -0.1) is 0 Å². The number of nitro groups is 1. The molecule has 0 heterocycles. The first-order valence-corrected chi connectivity index (χ1v) is 11.4. The van der Waals surface area contributed by atoms with E-state index in [0.717, 1.165) is 0 Å². The number of benzene rings is 3. The molecule has 39 heavy (non-hydrogen) atoms. The highest BCUT2D eigenvalue weighted by Gasteiger charge is 2.10. The Kier molecular flexibility index (Phi) is 9.52. The van der Waals surface area contributed by atoms with Gasteiger partial charge >= 0.3 is 0 Å². The number of rotatable bonds is 11. The summed E-state index contributed by atoms with van der Waals surface area (Å²) in [7, 11) is 2.83. The quantitative estimate of drug-likeness (QED) is 0.141. The molecule has 11 nitrogen and oxygen atoms in total. The number of carbonyl (C=O) groups excluding carboxylic acids is 2. The van der Waals surface area contributed by atoms with E-state index >= 15 is 0 Å². The topological polar surface area (TPSA) is 161 Å². The smallest absolute Gasteiger partial charge is 0.271 e. The van der Waals surface area contributed by atoms with Gasteiger partial charge in [-0.1, -0.05) is 24.3 Å². The maximum absolute atomic E-state index is 12.7. The van der Waals surface area contributed by atoms with Gasteiger partial charge in [0.15, 0.2) is 28.8 Å². The summed E-state index contributed by atoms with van der Waals surface area (Å²) in [6.07, 6.45) is 5.85. The van der Waals surface area contributed by atoms with Crippen molar-refractivity contribution in [2.24, 2.45) is 5.10 Å². The van der Waals surface area contributed by atoms with Crippen LogP contribution in [0, 0.1) is 10.1 Å². The van der Waals surface area contributed by atoms with E-state index < -0.39 is 10.8 Å². The summed E-state index contributed by atoms with van der Waals surface area (Å²) in [6.45, 7) is 0. The van der Waals surface area contributed by atoms with E-state index in [0.29, 0.717) is 11.1 Å². The summed E-state index contributed by atoms with van der Waals surface area (Å²) in [6, 6.07) is 14.3.